The number of esters is 4. The Bertz CT molecular complexity index is 1770. The number of rotatable bonds is 71. The van der Waals surface area contributed by atoms with Crippen LogP contribution in [0.4, 0.5) is 0 Å². The van der Waals surface area contributed by atoms with E-state index in [1.807, 2.05) is 0 Å². The second kappa shape index (κ2) is 64.1. The highest BCUT2D eigenvalue weighted by molar-refractivity contribution is 7.47. The van der Waals surface area contributed by atoms with Crippen LogP contribution in [0.1, 0.15) is 369 Å². The Hall–Kier alpha value is -1.94. The van der Waals surface area contributed by atoms with Crippen molar-refractivity contribution in [2.24, 2.45) is 11.8 Å². The van der Waals surface area contributed by atoms with Crippen molar-refractivity contribution in [3.63, 3.8) is 0 Å². The van der Waals surface area contributed by atoms with Gasteiger partial charge in [-0.2, -0.15) is 0 Å². The van der Waals surface area contributed by atoms with Crippen LogP contribution in [-0.2, 0) is 65.4 Å². The third-order valence-electron chi connectivity index (χ3n) is 16.7. The molecule has 0 aliphatic carbocycles. The van der Waals surface area contributed by atoms with Crippen LogP contribution in [0.5, 0.6) is 0 Å². The number of carbonyl (C=O) groups excluding carboxylic acids is 4. The van der Waals surface area contributed by atoms with E-state index in [0.717, 1.165) is 95.8 Å². The monoisotopic (exact) mass is 1340 g/mol. The molecule has 0 bridgehead atoms. The van der Waals surface area contributed by atoms with E-state index < -0.39 is 97.5 Å². The Kier molecular flexibility index (Phi) is 62.7. The van der Waals surface area contributed by atoms with Gasteiger partial charge in [-0.3, -0.25) is 37.3 Å². The van der Waals surface area contributed by atoms with Gasteiger partial charge in [0.05, 0.1) is 26.4 Å². The molecule has 0 aliphatic rings. The smallest absolute Gasteiger partial charge is 0.462 e. The molecule has 0 fully saturated rings. The number of hydrogen-bond donors (Lipinski definition) is 3. The third-order valence-corrected chi connectivity index (χ3v) is 18.6. The lowest BCUT2D eigenvalue weighted by Crippen LogP contribution is -2.30. The van der Waals surface area contributed by atoms with Crippen molar-refractivity contribution in [1.29, 1.82) is 0 Å². The Balaban J connectivity index is 5.19. The molecule has 0 spiro atoms. The number of phosphoric ester groups is 2. The number of ether oxygens (including phenoxy) is 4. The molecule has 0 aromatic rings. The van der Waals surface area contributed by atoms with Gasteiger partial charge in [-0.1, -0.05) is 318 Å². The molecule has 0 amide bonds. The van der Waals surface area contributed by atoms with Gasteiger partial charge in [-0.25, -0.2) is 9.13 Å². The zero-order valence-corrected chi connectivity index (χ0v) is 60.9. The van der Waals surface area contributed by atoms with E-state index in [4.69, 9.17) is 37.0 Å². The van der Waals surface area contributed by atoms with Gasteiger partial charge in [0, 0.05) is 25.7 Å². The highest BCUT2D eigenvalue weighted by Gasteiger charge is 2.30. The van der Waals surface area contributed by atoms with Crippen LogP contribution < -0.4 is 0 Å². The summed E-state index contributed by atoms with van der Waals surface area (Å²) in [4.78, 5) is 72.5. The van der Waals surface area contributed by atoms with Crippen LogP contribution in [0.25, 0.3) is 0 Å². The normalized spacial score (nSPS) is 14.1. The van der Waals surface area contributed by atoms with Gasteiger partial charge in [0.1, 0.15) is 19.3 Å². The highest BCUT2D eigenvalue weighted by Crippen LogP contribution is 2.45. The molecule has 0 rings (SSSR count). The van der Waals surface area contributed by atoms with Crippen LogP contribution >= 0.6 is 15.6 Å². The van der Waals surface area contributed by atoms with Gasteiger partial charge in [0.25, 0.3) is 0 Å². The molecule has 17 nitrogen and oxygen atoms in total. The molecular weight excluding hydrogens is 1200 g/mol. The highest BCUT2D eigenvalue weighted by atomic mass is 31.2. The van der Waals surface area contributed by atoms with Crippen molar-refractivity contribution in [2.45, 2.75) is 387 Å². The molecule has 0 saturated carbocycles. The van der Waals surface area contributed by atoms with Crippen molar-refractivity contribution in [3.05, 3.63) is 0 Å². The summed E-state index contributed by atoms with van der Waals surface area (Å²) >= 11 is 0. The van der Waals surface area contributed by atoms with E-state index in [1.54, 1.807) is 0 Å². The Morgan fingerprint density at radius 2 is 0.505 bits per heavy atom. The zero-order valence-electron chi connectivity index (χ0n) is 59.1. The fourth-order valence-corrected chi connectivity index (χ4v) is 12.5. The lowest BCUT2D eigenvalue weighted by molar-refractivity contribution is -0.161. The Labute approximate surface area is 556 Å². The van der Waals surface area contributed by atoms with Crippen LogP contribution in [0.3, 0.4) is 0 Å². The van der Waals surface area contributed by atoms with E-state index in [2.05, 4.69) is 41.5 Å². The SMILES string of the molecule is CCCCCCCCCCCCCCCCC(=O)OC[C@H](COP(=O)(O)OC[C@@H](O)COP(=O)(O)OC[C@@H](COC(=O)CCCCCCCCCCC)OC(=O)CCCCCCCCC(C)C)OC(=O)CCCCCCCCCCCCCCCCCCC(C)C. The largest absolute Gasteiger partial charge is 0.472 e. The quantitative estimate of drug-likeness (QED) is 0.0222. The minimum Gasteiger partial charge on any atom is -0.462 e. The number of carbonyl (C=O) groups is 4. The molecule has 540 valence electrons. The van der Waals surface area contributed by atoms with E-state index in [1.165, 1.54) is 186 Å². The second-order valence-corrected chi connectivity index (χ2v) is 29.8. The molecule has 0 heterocycles. The van der Waals surface area contributed by atoms with Gasteiger partial charge in [-0.05, 0) is 37.5 Å². The molecule has 91 heavy (non-hydrogen) atoms. The van der Waals surface area contributed by atoms with E-state index in [9.17, 15) is 43.2 Å². The van der Waals surface area contributed by atoms with Crippen LogP contribution in [0.15, 0.2) is 0 Å². The number of unbranched alkanes of at least 4 members (excludes halogenated alkanes) is 41. The molecule has 3 N–H and O–H groups in total. The lowest BCUT2D eigenvalue weighted by Gasteiger charge is -2.21. The summed E-state index contributed by atoms with van der Waals surface area (Å²) in [7, 11) is -9.90. The van der Waals surface area contributed by atoms with Gasteiger partial charge in [-0.15, -0.1) is 0 Å². The topological polar surface area (TPSA) is 237 Å². The molecule has 2 unspecified atom stereocenters. The van der Waals surface area contributed by atoms with E-state index in [0.29, 0.717) is 31.6 Å². The van der Waals surface area contributed by atoms with Gasteiger partial charge in [0.2, 0.25) is 0 Å². The maximum Gasteiger partial charge on any atom is 0.472 e. The Morgan fingerprint density at radius 3 is 0.747 bits per heavy atom. The molecule has 5 atom stereocenters. The standard InChI is InChI=1S/C72H140O17P2/c1-7-9-11-13-15-17-18-19-25-28-32-36-43-49-55-70(75)83-60-67(88-71(76)56-50-44-37-33-29-26-23-21-20-22-24-27-31-34-40-46-52-64(3)4)62-86-90(78,79)84-58-66(73)59-85-91(80,81)87-63-68(89-72(77)57-51-45-39-38-41-47-53-65(5)6)61-82-69(74)54-48-42-35-30-16-14-12-10-8-2/h64-68,73H,7-63H2,1-6H3,(H,78,79)(H,80,81)/t66-,67-,68-/m1/s1. The van der Waals surface area contributed by atoms with Gasteiger partial charge in [0.15, 0.2) is 12.2 Å². The molecular formula is C72H140O17P2. The first-order valence-corrected chi connectivity index (χ1v) is 40.5. The summed E-state index contributed by atoms with van der Waals surface area (Å²) in [5.41, 5.74) is 0. The summed E-state index contributed by atoms with van der Waals surface area (Å²) in [6, 6.07) is 0. The lowest BCUT2D eigenvalue weighted by atomic mass is 10.0. The van der Waals surface area contributed by atoms with Gasteiger partial charge >= 0.3 is 39.5 Å². The van der Waals surface area contributed by atoms with Crippen molar-refractivity contribution < 1.29 is 80.2 Å². The molecule has 19 heteroatoms. The third kappa shape index (κ3) is 66.5. The summed E-state index contributed by atoms with van der Waals surface area (Å²) < 4.78 is 68.3. The minimum atomic E-state index is -4.95. The van der Waals surface area contributed by atoms with Crippen molar-refractivity contribution in [1.82, 2.24) is 0 Å². The molecule has 0 radical (unpaired) electrons. The number of aliphatic hydroxyl groups excluding tert-OH is 1. The predicted molar refractivity (Wildman–Crippen MR) is 368 cm³/mol. The summed E-state index contributed by atoms with van der Waals surface area (Å²) in [6.07, 6.45) is 50.2. The average molecular weight is 1340 g/mol. The molecule has 0 saturated heterocycles. The first kappa shape index (κ1) is 89.1. The van der Waals surface area contributed by atoms with Crippen molar-refractivity contribution in [2.75, 3.05) is 39.6 Å². The van der Waals surface area contributed by atoms with E-state index >= 15 is 0 Å². The van der Waals surface area contributed by atoms with Gasteiger partial charge < -0.3 is 33.8 Å². The van der Waals surface area contributed by atoms with Crippen molar-refractivity contribution in [3.8, 4) is 0 Å². The fourth-order valence-electron chi connectivity index (χ4n) is 10.9. The first-order valence-electron chi connectivity index (χ1n) is 37.5. The molecule has 0 aromatic carbocycles. The summed E-state index contributed by atoms with van der Waals surface area (Å²) in [6.45, 7) is 9.49. The molecule has 0 aliphatic heterocycles. The average Bonchev–Trinajstić information content (AvgIpc) is 3.62. The molecule has 0 aromatic heterocycles. The number of aliphatic hydroxyl groups is 1. The first-order chi connectivity index (χ1) is 43.9. The maximum absolute atomic E-state index is 13.0. The second-order valence-electron chi connectivity index (χ2n) is 26.9. The number of hydrogen-bond acceptors (Lipinski definition) is 15. The van der Waals surface area contributed by atoms with Crippen molar-refractivity contribution >= 4 is 39.5 Å². The van der Waals surface area contributed by atoms with Crippen LogP contribution in [-0.4, -0.2) is 96.7 Å². The maximum atomic E-state index is 13.0. The summed E-state index contributed by atoms with van der Waals surface area (Å²) in [5.74, 6) is -0.647. The van der Waals surface area contributed by atoms with Crippen LogP contribution in [0, 0.1) is 11.8 Å². The fraction of sp³-hybridized carbons (Fsp3) is 0.944. The predicted octanol–water partition coefficient (Wildman–Crippen LogP) is 20.8. The zero-order chi connectivity index (χ0) is 67.2. The minimum absolute atomic E-state index is 0.102. The number of phosphoric acid groups is 2. The summed E-state index contributed by atoms with van der Waals surface area (Å²) in [5, 5.41) is 10.6. The van der Waals surface area contributed by atoms with Crippen LogP contribution in [0.2, 0.25) is 0 Å². The van der Waals surface area contributed by atoms with E-state index in [-0.39, 0.29) is 25.7 Å². The Morgan fingerprint density at radius 1 is 0.297 bits per heavy atom.